The minimum absolute atomic E-state index is 0.0984. The number of methoxy groups -OCH3 is 2. The van der Waals surface area contributed by atoms with Gasteiger partial charge in [-0.1, -0.05) is 25.3 Å². The van der Waals surface area contributed by atoms with Crippen molar-refractivity contribution in [2.24, 2.45) is 5.92 Å². The van der Waals surface area contributed by atoms with Gasteiger partial charge >= 0.3 is 0 Å². The van der Waals surface area contributed by atoms with Gasteiger partial charge in [0.1, 0.15) is 0 Å². The predicted octanol–water partition coefficient (Wildman–Crippen LogP) is 2.77. The van der Waals surface area contributed by atoms with Gasteiger partial charge in [0, 0.05) is 25.6 Å². The van der Waals surface area contributed by atoms with E-state index in [4.69, 9.17) is 14.2 Å². The standard InChI is InChI=1S/C21H32N2O4/c1-25-19-9-8-17(14-20(19)26-2)18(23-10-12-27-13-11-23)15-22-21(24)16-6-4-3-5-7-16/h8-9,14,16,18H,3-7,10-13,15H2,1-2H3,(H,22,24)/t18-/m0/s1. The Labute approximate surface area is 162 Å². The lowest BCUT2D eigenvalue weighted by molar-refractivity contribution is -0.126. The average molecular weight is 376 g/mol. The number of ether oxygens (including phenoxy) is 3. The number of carbonyl (C=O) groups is 1. The van der Waals surface area contributed by atoms with Gasteiger partial charge in [0.15, 0.2) is 11.5 Å². The van der Waals surface area contributed by atoms with Gasteiger partial charge in [-0.25, -0.2) is 0 Å². The van der Waals surface area contributed by atoms with Crippen LogP contribution in [0.4, 0.5) is 0 Å². The summed E-state index contributed by atoms with van der Waals surface area (Å²) >= 11 is 0. The first-order valence-electron chi connectivity index (χ1n) is 10.0. The number of benzene rings is 1. The molecule has 1 amide bonds. The van der Waals surface area contributed by atoms with Crippen LogP contribution in [0.5, 0.6) is 11.5 Å². The number of nitrogens with zero attached hydrogens (tertiary/aromatic N) is 1. The Balaban J connectivity index is 1.73. The number of hydrogen-bond acceptors (Lipinski definition) is 5. The van der Waals surface area contributed by atoms with Gasteiger partial charge in [-0.05, 0) is 30.5 Å². The summed E-state index contributed by atoms with van der Waals surface area (Å²) in [6, 6.07) is 6.12. The highest BCUT2D eigenvalue weighted by atomic mass is 16.5. The Bertz CT molecular complexity index is 610. The number of morpholine rings is 1. The van der Waals surface area contributed by atoms with E-state index < -0.39 is 0 Å². The largest absolute Gasteiger partial charge is 0.493 e. The molecule has 1 atom stereocenters. The number of nitrogens with one attached hydrogen (secondary N) is 1. The molecule has 0 radical (unpaired) electrons. The van der Waals surface area contributed by atoms with Crippen molar-refractivity contribution in [1.29, 1.82) is 0 Å². The normalized spacial score (nSPS) is 20.1. The van der Waals surface area contributed by atoms with E-state index in [1.165, 1.54) is 19.3 Å². The van der Waals surface area contributed by atoms with Crippen LogP contribution >= 0.6 is 0 Å². The molecule has 3 rings (SSSR count). The highest BCUT2D eigenvalue weighted by Crippen LogP contribution is 2.32. The zero-order valence-electron chi connectivity index (χ0n) is 16.5. The zero-order chi connectivity index (χ0) is 19.1. The first-order chi connectivity index (χ1) is 13.2. The van der Waals surface area contributed by atoms with Crippen molar-refractivity contribution < 1.29 is 19.0 Å². The molecular weight excluding hydrogens is 344 g/mol. The molecule has 1 saturated heterocycles. The summed E-state index contributed by atoms with van der Waals surface area (Å²) in [6.07, 6.45) is 5.63. The van der Waals surface area contributed by atoms with Crippen LogP contribution < -0.4 is 14.8 Å². The van der Waals surface area contributed by atoms with E-state index >= 15 is 0 Å². The molecule has 6 nitrogen and oxygen atoms in total. The summed E-state index contributed by atoms with van der Waals surface area (Å²) < 4.78 is 16.4. The Morgan fingerprint density at radius 2 is 1.85 bits per heavy atom. The molecule has 1 aliphatic heterocycles. The van der Waals surface area contributed by atoms with Crippen LogP contribution in [0.15, 0.2) is 18.2 Å². The number of hydrogen-bond donors (Lipinski definition) is 1. The highest BCUT2D eigenvalue weighted by molar-refractivity contribution is 5.78. The molecular formula is C21H32N2O4. The summed E-state index contributed by atoms with van der Waals surface area (Å²) in [4.78, 5) is 15.0. The second kappa shape index (κ2) is 9.95. The van der Waals surface area contributed by atoms with Gasteiger partial charge in [0.05, 0.1) is 33.5 Å². The van der Waals surface area contributed by atoms with Crippen molar-refractivity contribution in [3.05, 3.63) is 23.8 Å². The molecule has 0 spiro atoms. The van der Waals surface area contributed by atoms with E-state index in [0.717, 1.165) is 44.7 Å². The van der Waals surface area contributed by atoms with Crippen LogP contribution in [-0.2, 0) is 9.53 Å². The third kappa shape index (κ3) is 5.14. The Morgan fingerprint density at radius 3 is 2.52 bits per heavy atom. The maximum Gasteiger partial charge on any atom is 0.223 e. The molecule has 1 aromatic carbocycles. The van der Waals surface area contributed by atoms with E-state index in [1.54, 1.807) is 14.2 Å². The van der Waals surface area contributed by atoms with Crippen molar-refractivity contribution >= 4 is 5.91 Å². The van der Waals surface area contributed by atoms with Crippen LogP contribution in [0, 0.1) is 5.92 Å². The van der Waals surface area contributed by atoms with Crippen LogP contribution in [0.25, 0.3) is 0 Å². The van der Waals surface area contributed by atoms with Gasteiger partial charge in [-0.2, -0.15) is 0 Å². The van der Waals surface area contributed by atoms with E-state index in [0.29, 0.717) is 18.0 Å². The highest BCUT2D eigenvalue weighted by Gasteiger charge is 2.26. The molecule has 1 saturated carbocycles. The lowest BCUT2D eigenvalue weighted by Gasteiger charge is -2.35. The zero-order valence-corrected chi connectivity index (χ0v) is 16.5. The van der Waals surface area contributed by atoms with E-state index in [-0.39, 0.29) is 17.9 Å². The van der Waals surface area contributed by atoms with Crippen LogP contribution in [0.1, 0.15) is 43.7 Å². The monoisotopic (exact) mass is 376 g/mol. The molecule has 6 heteroatoms. The number of amides is 1. The summed E-state index contributed by atoms with van der Waals surface area (Å²) in [5.74, 6) is 1.81. The molecule has 1 aliphatic carbocycles. The third-order valence-corrected chi connectivity index (χ3v) is 5.72. The molecule has 0 aromatic heterocycles. The molecule has 2 fully saturated rings. The second-order valence-electron chi connectivity index (χ2n) is 7.36. The van der Waals surface area contributed by atoms with Crippen LogP contribution in [0.3, 0.4) is 0 Å². The summed E-state index contributed by atoms with van der Waals surface area (Å²) in [7, 11) is 3.29. The molecule has 1 aromatic rings. The van der Waals surface area contributed by atoms with E-state index in [9.17, 15) is 4.79 Å². The predicted molar refractivity (Wildman–Crippen MR) is 104 cm³/mol. The van der Waals surface area contributed by atoms with Crippen molar-refractivity contribution in [2.75, 3.05) is 47.1 Å². The fourth-order valence-corrected chi connectivity index (χ4v) is 4.11. The second-order valence-corrected chi connectivity index (χ2v) is 7.36. The molecule has 150 valence electrons. The molecule has 27 heavy (non-hydrogen) atoms. The van der Waals surface area contributed by atoms with E-state index in [2.05, 4.69) is 16.3 Å². The van der Waals surface area contributed by atoms with E-state index in [1.807, 2.05) is 12.1 Å². The molecule has 1 heterocycles. The Kier molecular flexibility index (Phi) is 7.35. The summed E-state index contributed by atoms with van der Waals surface area (Å²) in [5.41, 5.74) is 1.12. The lowest BCUT2D eigenvalue weighted by atomic mass is 9.88. The van der Waals surface area contributed by atoms with Gasteiger partial charge in [0.25, 0.3) is 0 Å². The Morgan fingerprint density at radius 1 is 1.15 bits per heavy atom. The topological polar surface area (TPSA) is 60.0 Å². The molecule has 2 aliphatic rings. The van der Waals surface area contributed by atoms with Crippen molar-refractivity contribution in [2.45, 2.75) is 38.1 Å². The van der Waals surface area contributed by atoms with Gasteiger partial charge in [-0.15, -0.1) is 0 Å². The number of carbonyl (C=O) groups excluding carboxylic acids is 1. The average Bonchev–Trinajstić information content (AvgIpc) is 2.75. The van der Waals surface area contributed by atoms with Gasteiger partial charge in [0.2, 0.25) is 5.91 Å². The maximum absolute atomic E-state index is 12.6. The minimum atomic E-state index is 0.0984. The quantitative estimate of drug-likeness (QED) is 0.793. The fraction of sp³-hybridized carbons (Fsp3) is 0.667. The van der Waals surface area contributed by atoms with Crippen molar-refractivity contribution in [1.82, 2.24) is 10.2 Å². The fourth-order valence-electron chi connectivity index (χ4n) is 4.11. The SMILES string of the molecule is COc1ccc([C@H](CNC(=O)C2CCCCC2)N2CCOCC2)cc1OC. The van der Waals surface area contributed by atoms with Crippen LogP contribution in [-0.4, -0.2) is 57.9 Å². The van der Waals surface area contributed by atoms with Crippen molar-refractivity contribution in [3.8, 4) is 11.5 Å². The molecule has 0 bridgehead atoms. The molecule has 0 unspecified atom stereocenters. The third-order valence-electron chi connectivity index (χ3n) is 5.72. The van der Waals surface area contributed by atoms with Crippen LogP contribution in [0.2, 0.25) is 0 Å². The molecule has 1 N–H and O–H groups in total. The van der Waals surface area contributed by atoms with Crippen molar-refractivity contribution in [3.63, 3.8) is 0 Å². The lowest BCUT2D eigenvalue weighted by Crippen LogP contribution is -2.44. The smallest absolute Gasteiger partial charge is 0.223 e. The minimum Gasteiger partial charge on any atom is -0.493 e. The maximum atomic E-state index is 12.6. The van der Waals surface area contributed by atoms with Gasteiger partial charge < -0.3 is 19.5 Å². The first-order valence-corrected chi connectivity index (χ1v) is 10.0. The first kappa shape index (κ1) is 20.0. The summed E-state index contributed by atoms with van der Waals surface area (Å²) in [5, 5.41) is 3.22. The summed E-state index contributed by atoms with van der Waals surface area (Å²) in [6.45, 7) is 3.77. The van der Waals surface area contributed by atoms with Gasteiger partial charge in [-0.3, -0.25) is 9.69 Å². The number of rotatable bonds is 7. The Hall–Kier alpha value is -1.79.